The van der Waals surface area contributed by atoms with E-state index in [-0.39, 0.29) is 34.9 Å². The molecular weight excluding hydrogens is 676 g/mol. The van der Waals surface area contributed by atoms with E-state index in [1.54, 1.807) is 24.3 Å². The second-order valence-corrected chi connectivity index (χ2v) is 15.8. The smallest absolute Gasteiger partial charge is 0.262 e. The number of anilines is 1. The first kappa shape index (κ1) is 33.2. The third kappa shape index (κ3) is 7.26. The normalized spacial score (nSPS) is 19.0. The largest absolute Gasteiger partial charge is 0.483 e. The van der Waals surface area contributed by atoms with Crippen molar-refractivity contribution in [2.75, 3.05) is 18.5 Å². The molecular formula is C39H40BrClN2O4. The fraction of sp³-hybridized carbons (Fsp3) is 0.359. The van der Waals surface area contributed by atoms with Gasteiger partial charge >= 0.3 is 0 Å². The molecule has 47 heavy (non-hydrogen) atoms. The molecule has 1 heterocycles. The molecule has 0 saturated carbocycles. The summed E-state index contributed by atoms with van der Waals surface area (Å²) in [4.78, 5) is 43.9. The van der Waals surface area contributed by atoms with Gasteiger partial charge in [0, 0.05) is 68.6 Å². The third-order valence-electron chi connectivity index (χ3n) is 9.26. The standard InChI is InChI=1S/C39H40BrClN2O4/c1-38(2)19-29-36(31(44)21-38)35(28-18-25(40)10-15-33(28)47-23-34(46)42-27-13-11-26(41)12-14-27)37-30(20-39(3,4)22-32(37)45)43(29)17-16-24-8-6-5-7-9-24/h5-15,18,35H,16-17,19-23H2,1-4H3,(H,42,46). The Labute approximate surface area is 290 Å². The number of carbonyl (C=O) groups is 3. The van der Waals surface area contributed by atoms with Gasteiger partial charge in [0.1, 0.15) is 5.75 Å². The van der Waals surface area contributed by atoms with Crippen LogP contribution in [0.25, 0.3) is 0 Å². The van der Waals surface area contributed by atoms with Crippen LogP contribution >= 0.6 is 27.5 Å². The van der Waals surface area contributed by atoms with Crippen molar-refractivity contribution in [3.63, 3.8) is 0 Å². The van der Waals surface area contributed by atoms with E-state index in [0.717, 1.165) is 35.1 Å². The average Bonchev–Trinajstić information content (AvgIpc) is 2.99. The lowest BCUT2D eigenvalue weighted by Gasteiger charge is -2.49. The number of hydrogen-bond donors (Lipinski definition) is 1. The lowest BCUT2D eigenvalue weighted by molar-refractivity contribution is -0.120. The van der Waals surface area contributed by atoms with E-state index in [0.29, 0.717) is 52.6 Å². The molecule has 8 heteroatoms. The fourth-order valence-corrected chi connectivity index (χ4v) is 7.77. The van der Waals surface area contributed by atoms with E-state index in [2.05, 4.69) is 66.0 Å². The van der Waals surface area contributed by atoms with Crippen molar-refractivity contribution in [3.8, 4) is 5.75 Å². The third-order valence-corrected chi connectivity index (χ3v) is 10.0. The Morgan fingerprint density at radius 2 is 1.47 bits per heavy atom. The molecule has 1 amide bonds. The monoisotopic (exact) mass is 714 g/mol. The summed E-state index contributed by atoms with van der Waals surface area (Å²) in [6, 6.07) is 22.8. The minimum Gasteiger partial charge on any atom is -0.483 e. The van der Waals surface area contributed by atoms with Crippen LogP contribution in [-0.2, 0) is 20.8 Å². The lowest BCUT2D eigenvalue weighted by Crippen LogP contribution is -2.45. The van der Waals surface area contributed by atoms with E-state index in [1.807, 2.05) is 36.4 Å². The molecule has 3 aromatic carbocycles. The van der Waals surface area contributed by atoms with Crippen LogP contribution in [0.5, 0.6) is 5.75 Å². The topological polar surface area (TPSA) is 75.7 Å². The molecule has 0 bridgehead atoms. The van der Waals surface area contributed by atoms with Crippen molar-refractivity contribution >= 4 is 50.7 Å². The highest BCUT2D eigenvalue weighted by molar-refractivity contribution is 9.10. The summed E-state index contributed by atoms with van der Waals surface area (Å²) in [5, 5.41) is 3.42. The van der Waals surface area contributed by atoms with Gasteiger partial charge in [0.25, 0.3) is 5.91 Å². The highest BCUT2D eigenvalue weighted by Gasteiger charge is 2.49. The van der Waals surface area contributed by atoms with Crippen LogP contribution in [0.4, 0.5) is 5.69 Å². The number of rotatable bonds is 8. The average molecular weight is 716 g/mol. The van der Waals surface area contributed by atoms with Gasteiger partial charge in [-0.25, -0.2) is 0 Å². The van der Waals surface area contributed by atoms with Gasteiger partial charge in [-0.2, -0.15) is 0 Å². The maximum atomic E-state index is 14.3. The molecule has 0 fully saturated rings. The van der Waals surface area contributed by atoms with Gasteiger partial charge in [0.15, 0.2) is 18.2 Å². The molecule has 0 saturated heterocycles. The Morgan fingerprint density at radius 3 is 2.06 bits per heavy atom. The van der Waals surface area contributed by atoms with Gasteiger partial charge in [-0.15, -0.1) is 0 Å². The fourth-order valence-electron chi connectivity index (χ4n) is 7.26. The van der Waals surface area contributed by atoms with Gasteiger partial charge in [-0.3, -0.25) is 14.4 Å². The summed E-state index contributed by atoms with van der Waals surface area (Å²) in [5.74, 6) is -0.339. The molecule has 0 aromatic heterocycles. The minimum absolute atomic E-state index is 0.0570. The van der Waals surface area contributed by atoms with Gasteiger partial charge in [-0.1, -0.05) is 85.6 Å². The molecule has 1 N–H and O–H groups in total. The van der Waals surface area contributed by atoms with Crippen molar-refractivity contribution in [3.05, 3.63) is 116 Å². The van der Waals surface area contributed by atoms with E-state index in [1.165, 1.54) is 5.56 Å². The van der Waals surface area contributed by atoms with Crippen LogP contribution in [0, 0.1) is 10.8 Å². The Bertz CT molecular complexity index is 1740. The van der Waals surface area contributed by atoms with Crippen LogP contribution < -0.4 is 10.1 Å². The molecule has 3 aromatic rings. The molecule has 2 aliphatic carbocycles. The number of ether oxygens (including phenoxy) is 1. The number of nitrogens with zero attached hydrogens (tertiary/aromatic N) is 1. The summed E-state index contributed by atoms with van der Waals surface area (Å²) in [5.41, 5.74) is 5.43. The number of Topliss-reactive ketones (excluding diaryl/α,β-unsaturated/α-hetero) is 2. The zero-order chi connectivity index (χ0) is 33.5. The van der Waals surface area contributed by atoms with Crippen molar-refractivity contribution in [2.24, 2.45) is 10.8 Å². The second-order valence-electron chi connectivity index (χ2n) is 14.4. The number of ketones is 2. The number of allylic oxidation sites excluding steroid dienone is 4. The maximum Gasteiger partial charge on any atom is 0.262 e. The van der Waals surface area contributed by atoms with E-state index >= 15 is 0 Å². The number of halogens is 2. The van der Waals surface area contributed by atoms with Crippen molar-refractivity contribution in [1.82, 2.24) is 4.90 Å². The summed E-state index contributed by atoms with van der Waals surface area (Å²) in [6.07, 6.45) is 3.02. The highest BCUT2D eigenvalue weighted by Crippen LogP contribution is 2.55. The van der Waals surface area contributed by atoms with Gasteiger partial charge in [0.2, 0.25) is 0 Å². The molecule has 1 aliphatic heterocycles. The van der Waals surface area contributed by atoms with E-state index < -0.39 is 5.92 Å². The maximum absolute atomic E-state index is 14.3. The van der Waals surface area contributed by atoms with Crippen LogP contribution in [0.2, 0.25) is 5.02 Å². The molecule has 0 radical (unpaired) electrons. The predicted octanol–water partition coefficient (Wildman–Crippen LogP) is 9.05. The number of hydrogen-bond acceptors (Lipinski definition) is 5. The Kier molecular flexibility index (Phi) is 9.25. The lowest BCUT2D eigenvalue weighted by atomic mass is 9.63. The number of carbonyl (C=O) groups excluding carboxylic acids is 3. The first-order valence-electron chi connectivity index (χ1n) is 16.1. The Morgan fingerprint density at radius 1 is 0.872 bits per heavy atom. The predicted molar refractivity (Wildman–Crippen MR) is 189 cm³/mol. The van der Waals surface area contributed by atoms with Gasteiger partial charge in [0.05, 0.1) is 0 Å². The van der Waals surface area contributed by atoms with E-state index in [9.17, 15) is 14.4 Å². The molecule has 6 rings (SSSR count). The number of benzene rings is 3. The summed E-state index contributed by atoms with van der Waals surface area (Å²) >= 11 is 9.64. The highest BCUT2D eigenvalue weighted by atomic mass is 79.9. The van der Waals surface area contributed by atoms with Crippen LogP contribution in [0.15, 0.2) is 99.8 Å². The Balaban J connectivity index is 1.43. The summed E-state index contributed by atoms with van der Waals surface area (Å²) < 4.78 is 7.01. The molecule has 0 spiro atoms. The first-order valence-corrected chi connectivity index (χ1v) is 17.3. The summed E-state index contributed by atoms with van der Waals surface area (Å²) in [6.45, 7) is 9.01. The minimum atomic E-state index is -0.591. The zero-order valence-corrected chi connectivity index (χ0v) is 29.6. The molecule has 6 nitrogen and oxygen atoms in total. The molecule has 0 atom stereocenters. The van der Waals surface area contributed by atoms with Crippen molar-refractivity contribution in [1.29, 1.82) is 0 Å². The first-order chi connectivity index (χ1) is 22.3. The quantitative estimate of drug-likeness (QED) is 0.252. The zero-order valence-electron chi connectivity index (χ0n) is 27.3. The summed E-state index contributed by atoms with van der Waals surface area (Å²) in [7, 11) is 0. The Hall–Kier alpha value is -3.68. The number of nitrogens with one attached hydrogen (secondary N) is 1. The van der Waals surface area contributed by atoms with Crippen LogP contribution in [0.3, 0.4) is 0 Å². The van der Waals surface area contributed by atoms with Crippen LogP contribution in [-0.4, -0.2) is 35.5 Å². The van der Waals surface area contributed by atoms with Crippen LogP contribution in [0.1, 0.15) is 70.4 Å². The second kappa shape index (κ2) is 13.1. The SMILES string of the molecule is CC1(C)CC(=O)C2=C(C1)N(CCc1ccccc1)C1=C(C(=O)CC(C)(C)C1)C2c1cc(Br)ccc1OCC(=O)Nc1ccc(Cl)cc1. The number of amides is 1. The molecule has 3 aliphatic rings. The van der Waals surface area contributed by atoms with Gasteiger partial charge < -0.3 is 15.0 Å². The van der Waals surface area contributed by atoms with Crippen molar-refractivity contribution in [2.45, 2.75) is 65.7 Å². The molecule has 0 unspecified atom stereocenters. The van der Waals surface area contributed by atoms with Gasteiger partial charge in [-0.05, 0) is 78.1 Å². The molecule has 244 valence electrons. The van der Waals surface area contributed by atoms with Crippen molar-refractivity contribution < 1.29 is 19.1 Å². The van der Waals surface area contributed by atoms with E-state index in [4.69, 9.17) is 16.3 Å².